The summed E-state index contributed by atoms with van der Waals surface area (Å²) in [5.41, 5.74) is 2.83. The molecule has 4 heteroatoms. The lowest BCUT2D eigenvalue weighted by molar-refractivity contribution is -0.687. The third-order valence-corrected chi connectivity index (χ3v) is 3.64. The zero-order valence-corrected chi connectivity index (χ0v) is 10.9. The molecule has 1 aliphatic heterocycles. The number of halogens is 1. The summed E-state index contributed by atoms with van der Waals surface area (Å²) in [5, 5.41) is 9.09. The van der Waals surface area contributed by atoms with Crippen LogP contribution < -0.4 is 9.30 Å². The second-order valence-electron chi connectivity index (χ2n) is 3.77. The largest absolute Gasteiger partial charge is 0.432 e. The smallest absolute Gasteiger partial charge is 0.387 e. The summed E-state index contributed by atoms with van der Waals surface area (Å²) in [6.07, 6.45) is 0.207. The van der Waals surface area contributed by atoms with Crippen LogP contribution in [0.1, 0.15) is 16.8 Å². The van der Waals surface area contributed by atoms with E-state index in [4.69, 9.17) is 10.00 Å². The summed E-state index contributed by atoms with van der Waals surface area (Å²) >= 11 is 2.31. The summed E-state index contributed by atoms with van der Waals surface area (Å²) in [6.45, 7) is 4.86. The SMILES string of the molecule is Cc1cc(C)[n+]2c(c1C#N)OC(CI)C2. The highest BCUT2D eigenvalue weighted by atomic mass is 127. The van der Waals surface area contributed by atoms with Crippen molar-refractivity contribution in [2.45, 2.75) is 26.5 Å². The van der Waals surface area contributed by atoms with Crippen molar-refractivity contribution >= 4 is 22.6 Å². The number of ether oxygens (including phenoxy) is 1. The Morgan fingerprint density at radius 1 is 1.67 bits per heavy atom. The number of fused-ring (bicyclic) bond motifs is 1. The van der Waals surface area contributed by atoms with Crippen LogP contribution in [0.5, 0.6) is 5.88 Å². The van der Waals surface area contributed by atoms with Crippen LogP contribution >= 0.6 is 22.6 Å². The van der Waals surface area contributed by atoms with Crippen LogP contribution in [-0.4, -0.2) is 10.5 Å². The Bertz CT molecular complexity index is 451. The number of hydrogen-bond donors (Lipinski definition) is 0. The molecule has 3 nitrogen and oxygen atoms in total. The average molecular weight is 315 g/mol. The Balaban J connectivity index is 2.57. The number of hydrogen-bond acceptors (Lipinski definition) is 2. The van der Waals surface area contributed by atoms with Crippen molar-refractivity contribution in [3.05, 3.63) is 22.9 Å². The first kappa shape index (κ1) is 10.7. The van der Waals surface area contributed by atoms with Gasteiger partial charge in [-0.05, 0) is 12.5 Å². The van der Waals surface area contributed by atoms with Crippen molar-refractivity contribution in [1.82, 2.24) is 0 Å². The third-order valence-electron chi connectivity index (χ3n) is 2.65. The molecular weight excluding hydrogens is 303 g/mol. The van der Waals surface area contributed by atoms with E-state index in [2.05, 4.69) is 40.2 Å². The van der Waals surface area contributed by atoms with E-state index in [1.165, 1.54) is 0 Å². The van der Waals surface area contributed by atoms with Gasteiger partial charge in [-0.1, -0.05) is 22.6 Å². The monoisotopic (exact) mass is 315 g/mol. The molecule has 1 aromatic rings. The molecule has 0 saturated carbocycles. The van der Waals surface area contributed by atoms with Crippen LogP contribution in [0.15, 0.2) is 6.07 Å². The number of alkyl halides is 1. The van der Waals surface area contributed by atoms with Gasteiger partial charge in [0.25, 0.3) is 0 Å². The maximum Gasteiger partial charge on any atom is 0.387 e. The first-order valence-corrected chi connectivity index (χ1v) is 6.36. The number of nitrogens with zero attached hydrogens (tertiary/aromatic N) is 2. The molecule has 0 bridgehead atoms. The van der Waals surface area contributed by atoms with Crippen LogP contribution in [0.25, 0.3) is 0 Å². The molecule has 0 radical (unpaired) electrons. The Hall–Kier alpha value is -0.830. The van der Waals surface area contributed by atoms with E-state index in [0.717, 1.165) is 28.1 Å². The molecule has 0 spiro atoms. The predicted octanol–water partition coefficient (Wildman–Crippen LogP) is 1.66. The number of rotatable bonds is 1. The maximum absolute atomic E-state index is 9.09. The molecule has 0 N–H and O–H groups in total. The topological polar surface area (TPSA) is 36.9 Å². The van der Waals surface area contributed by atoms with Crippen molar-refractivity contribution in [3.8, 4) is 11.9 Å². The molecule has 2 heterocycles. The lowest BCUT2D eigenvalue weighted by atomic mass is 10.1. The zero-order chi connectivity index (χ0) is 11.0. The quantitative estimate of drug-likeness (QED) is 0.449. The van der Waals surface area contributed by atoms with Gasteiger partial charge >= 0.3 is 5.88 Å². The summed E-state index contributed by atoms with van der Waals surface area (Å²) in [6, 6.07) is 4.26. The van der Waals surface area contributed by atoms with E-state index < -0.39 is 0 Å². The molecule has 15 heavy (non-hydrogen) atoms. The van der Waals surface area contributed by atoms with Gasteiger partial charge in [0.2, 0.25) is 0 Å². The molecule has 0 saturated heterocycles. The zero-order valence-electron chi connectivity index (χ0n) is 8.75. The maximum atomic E-state index is 9.09. The Kier molecular flexibility index (Phi) is 2.83. The minimum absolute atomic E-state index is 0.207. The fourth-order valence-corrected chi connectivity index (χ4v) is 2.35. The number of nitriles is 1. The standard InChI is InChI=1S/C11H12IN2O/c1-7-3-8(2)14-6-9(4-12)15-11(14)10(7)5-13/h3,9H,4,6H2,1-2H3/q+1. The van der Waals surface area contributed by atoms with E-state index in [-0.39, 0.29) is 6.10 Å². The van der Waals surface area contributed by atoms with Crippen molar-refractivity contribution < 1.29 is 9.30 Å². The van der Waals surface area contributed by atoms with E-state index in [0.29, 0.717) is 5.56 Å². The third kappa shape index (κ3) is 1.69. The van der Waals surface area contributed by atoms with Gasteiger partial charge in [-0.25, -0.2) is 0 Å². The second-order valence-corrected chi connectivity index (χ2v) is 4.65. The summed E-state index contributed by atoms with van der Waals surface area (Å²) < 4.78 is 8.81. The van der Waals surface area contributed by atoms with Crippen molar-refractivity contribution in [3.63, 3.8) is 0 Å². The molecule has 1 aromatic heterocycles. The molecule has 2 rings (SSSR count). The molecule has 1 unspecified atom stereocenters. The normalized spacial score (nSPS) is 18.1. The van der Waals surface area contributed by atoms with Crippen molar-refractivity contribution in [2.24, 2.45) is 0 Å². The number of aryl methyl sites for hydroxylation is 2. The van der Waals surface area contributed by atoms with Crippen LogP contribution in [0.2, 0.25) is 0 Å². The first-order chi connectivity index (χ1) is 7.17. The van der Waals surface area contributed by atoms with Crippen LogP contribution in [-0.2, 0) is 6.54 Å². The average Bonchev–Trinajstić information content (AvgIpc) is 2.62. The van der Waals surface area contributed by atoms with Gasteiger partial charge in [-0.3, -0.25) is 0 Å². The molecule has 0 fully saturated rings. The molecule has 1 aliphatic rings. The fourth-order valence-electron chi connectivity index (χ4n) is 1.89. The van der Waals surface area contributed by atoms with E-state index in [9.17, 15) is 0 Å². The highest BCUT2D eigenvalue weighted by Crippen LogP contribution is 2.24. The lowest BCUT2D eigenvalue weighted by Gasteiger charge is -2.01. The van der Waals surface area contributed by atoms with Crippen molar-refractivity contribution in [2.75, 3.05) is 4.43 Å². The van der Waals surface area contributed by atoms with Gasteiger partial charge in [0.05, 0.1) is 0 Å². The van der Waals surface area contributed by atoms with Gasteiger partial charge in [0.1, 0.15) is 6.07 Å². The van der Waals surface area contributed by atoms with Crippen LogP contribution in [0.4, 0.5) is 0 Å². The Morgan fingerprint density at radius 3 is 3.00 bits per heavy atom. The van der Waals surface area contributed by atoms with E-state index in [1.54, 1.807) is 0 Å². The Labute approximate surface area is 103 Å². The minimum Gasteiger partial charge on any atom is -0.432 e. The van der Waals surface area contributed by atoms with Gasteiger partial charge in [0.15, 0.2) is 23.9 Å². The number of aromatic nitrogens is 1. The molecule has 0 aliphatic carbocycles. The summed E-state index contributed by atoms with van der Waals surface area (Å²) in [7, 11) is 0. The first-order valence-electron chi connectivity index (χ1n) is 4.84. The molecule has 0 amide bonds. The second kappa shape index (κ2) is 3.97. The fraction of sp³-hybridized carbons (Fsp3) is 0.455. The summed E-state index contributed by atoms with van der Waals surface area (Å²) in [4.78, 5) is 0. The van der Waals surface area contributed by atoms with E-state index in [1.807, 2.05) is 13.0 Å². The Morgan fingerprint density at radius 2 is 2.40 bits per heavy atom. The van der Waals surface area contributed by atoms with Gasteiger partial charge in [-0.15, -0.1) is 0 Å². The molecule has 0 aromatic carbocycles. The lowest BCUT2D eigenvalue weighted by Crippen LogP contribution is -2.36. The highest BCUT2D eigenvalue weighted by Gasteiger charge is 2.35. The summed E-state index contributed by atoms with van der Waals surface area (Å²) in [5.74, 6) is 0.747. The highest BCUT2D eigenvalue weighted by molar-refractivity contribution is 14.1. The van der Waals surface area contributed by atoms with Gasteiger partial charge in [-0.2, -0.15) is 9.83 Å². The molecule has 78 valence electrons. The minimum atomic E-state index is 0.207. The molecule has 1 atom stereocenters. The van der Waals surface area contributed by atoms with Crippen LogP contribution in [0.3, 0.4) is 0 Å². The van der Waals surface area contributed by atoms with E-state index >= 15 is 0 Å². The van der Waals surface area contributed by atoms with Crippen molar-refractivity contribution in [1.29, 1.82) is 5.26 Å². The number of pyridine rings is 1. The van der Waals surface area contributed by atoms with Gasteiger partial charge < -0.3 is 4.74 Å². The van der Waals surface area contributed by atoms with Gasteiger partial charge in [0, 0.05) is 17.4 Å². The van der Waals surface area contributed by atoms with Crippen LogP contribution in [0, 0.1) is 25.2 Å². The molecular formula is C11H12IN2O+. The predicted molar refractivity (Wildman–Crippen MR) is 64.1 cm³/mol.